The second kappa shape index (κ2) is 9.42. The average Bonchev–Trinajstić information content (AvgIpc) is 2.96. The molecule has 1 N–H and O–H groups in total. The van der Waals surface area contributed by atoms with Crippen LogP contribution in [0.3, 0.4) is 0 Å². The number of thioether (sulfide) groups is 1. The first kappa shape index (κ1) is 19.2. The highest BCUT2D eigenvalue weighted by Crippen LogP contribution is 2.20. The third kappa shape index (κ3) is 5.46. The Bertz CT molecular complexity index is 739. The number of carbonyl (C=O) groups is 1. The van der Waals surface area contributed by atoms with Gasteiger partial charge in [-0.1, -0.05) is 48.9 Å². The van der Waals surface area contributed by atoms with Crippen LogP contribution >= 0.6 is 11.8 Å². The minimum absolute atomic E-state index is 0.0415. The van der Waals surface area contributed by atoms with E-state index in [-0.39, 0.29) is 5.91 Å². The van der Waals surface area contributed by atoms with Crippen LogP contribution in [0, 0.1) is 13.8 Å². The van der Waals surface area contributed by atoms with E-state index < -0.39 is 0 Å². The standard InChI is InChI=1S/C19H26N4OS/c1-5-7-8-17-21-22-19(23(17)11-6-2)25-13-18(24)20-16-10-9-14(3)12-15(16)4/h6,9-10,12H,2,5,7-8,11,13H2,1,3-4H3,(H,20,24). The monoisotopic (exact) mass is 358 g/mol. The van der Waals surface area contributed by atoms with Crippen LogP contribution in [0.15, 0.2) is 36.0 Å². The molecule has 1 heterocycles. The SMILES string of the molecule is C=CCn1c(CCCC)nnc1SCC(=O)Nc1ccc(C)cc1C. The molecule has 1 aromatic carbocycles. The van der Waals surface area contributed by atoms with Gasteiger partial charge in [0, 0.05) is 18.7 Å². The number of carbonyl (C=O) groups excluding carboxylic acids is 1. The second-order valence-corrected chi connectivity index (χ2v) is 7.00. The van der Waals surface area contributed by atoms with E-state index in [9.17, 15) is 4.79 Å². The Balaban J connectivity index is 1.98. The molecule has 0 unspecified atom stereocenters. The molecule has 25 heavy (non-hydrogen) atoms. The molecule has 0 spiro atoms. The smallest absolute Gasteiger partial charge is 0.234 e. The molecule has 0 aliphatic carbocycles. The maximum absolute atomic E-state index is 12.3. The van der Waals surface area contributed by atoms with Crippen molar-refractivity contribution in [2.24, 2.45) is 0 Å². The predicted octanol–water partition coefficient (Wildman–Crippen LogP) is 4.15. The lowest BCUT2D eigenvalue weighted by Gasteiger charge is -2.10. The average molecular weight is 359 g/mol. The van der Waals surface area contributed by atoms with Crippen molar-refractivity contribution in [1.29, 1.82) is 0 Å². The number of benzene rings is 1. The fourth-order valence-corrected chi connectivity index (χ4v) is 3.29. The molecule has 0 radical (unpaired) electrons. The van der Waals surface area contributed by atoms with E-state index in [1.165, 1.54) is 17.3 Å². The molecule has 0 aliphatic rings. The van der Waals surface area contributed by atoms with Crippen molar-refractivity contribution < 1.29 is 4.79 Å². The molecule has 0 fully saturated rings. The van der Waals surface area contributed by atoms with Gasteiger partial charge in [0.1, 0.15) is 5.82 Å². The van der Waals surface area contributed by atoms with Gasteiger partial charge in [-0.3, -0.25) is 4.79 Å². The number of unbranched alkanes of at least 4 members (excludes halogenated alkanes) is 1. The summed E-state index contributed by atoms with van der Waals surface area (Å²) in [7, 11) is 0. The number of hydrogen-bond donors (Lipinski definition) is 1. The molecule has 0 bridgehead atoms. The van der Waals surface area contributed by atoms with Gasteiger partial charge in [0.15, 0.2) is 5.16 Å². The zero-order chi connectivity index (χ0) is 18.2. The molecule has 0 aliphatic heterocycles. The number of anilines is 1. The molecule has 0 saturated carbocycles. The van der Waals surface area contributed by atoms with Gasteiger partial charge in [-0.25, -0.2) is 0 Å². The lowest BCUT2D eigenvalue weighted by molar-refractivity contribution is -0.113. The predicted molar refractivity (Wildman–Crippen MR) is 104 cm³/mol. The van der Waals surface area contributed by atoms with Crippen LogP contribution in [0.1, 0.15) is 36.7 Å². The van der Waals surface area contributed by atoms with Gasteiger partial charge in [0.05, 0.1) is 5.75 Å². The zero-order valence-electron chi connectivity index (χ0n) is 15.2. The molecule has 6 heteroatoms. The van der Waals surface area contributed by atoms with Crippen molar-refractivity contribution >= 4 is 23.4 Å². The third-order valence-electron chi connectivity index (χ3n) is 3.85. The van der Waals surface area contributed by atoms with E-state index >= 15 is 0 Å². The lowest BCUT2D eigenvalue weighted by atomic mass is 10.1. The largest absolute Gasteiger partial charge is 0.325 e. The number of rotatable bonds is 9. The lowest BCUT2D eigenvalue weighted by Crippen LogP contribution is -2.15. The molecule has 2 aromatic rings. The maximum Gasteiger partial charge on any atom is 0.234 e. The summed E-state index contributed by atoms with van der Waals surface area (Å²) in [4.78, 5) is 12.3. The maximum atomic E-state index is 12.3. The van der Waals surface area contributed by atoms with E-state index in [1.54, 1.807) is 0 Å². The Kier molecular flexibility index (Phi) is 7.25. The molecule has 134 valence electrons. The van der Waals surface area contributed by atoms with Crippen molar-refractivity contribution in [3.8, 4) is 0 Å². The Morgan fingerprint density at radius 2 is 2.16 bits per heavy atom. The summed E-state index contributed by atoms with van der Waals surface area (Å²) in [6.07, 6.45) is 4.92. The van der Waals surface area contributed by atoms with Crippen LogP contribution in [0.25, 0.3) is 0 Å². The van der Waals surface area contributed by atoms with Gasteiger partial charge < -0.3 is 9.88 Å². The molecule has 0 saturated heterocycles. The Labute approximate surface area is 153 Å². The molecule has 1 aromatic heterocycles. The van der Waals surface area contributed by atoms with Gasteiger partial charge in [0.2, 0.25) is 5.91 Å². The highest BCUT2D eigenvalue weighted by atomic mass is 32.2. The van der Waals surface area contributed by atoms with Crippen LogP contribution in [-0.4, -0.2) is 26.4 Å². The summed E-state index contributed by atoms with van der Waals surface area (Å²) in [5.41, 5.74) is 3.10. The molecule has 1 amide bonds. The molecule has 0 atom stereocenters. The Hall–Kier alpha value is -2.08. The second-order valence-electron chi connectivity index (χ2n) is 6.06. The van der Waals surface area contributed by atoms with Crippen LogP contribution in [-0.2, 0) is 17.8 Å². The fraction of sp³-hybridized carbons (Fsp3) is 0.421. The minimum atomic E-state index is -0.0415. The fourth-order valence-electron chi connectivity index (χ4n) is 2.53. The summed E-state index contributed by atoms with van der Waals surface area (Å²) in [5.74, 6) is 1.22. The summed E-state index contributed by atoms with van der Waals surface area (Å²) in [6.45, 7) is 10.7. The first-order valence-corrected chi connectivity index (χ1v) is 9.56. The minimum Gasteiger partial charge on any atom is -0.325 e. The van der Waals surface area contributed by atoms with Crippen molar-refractivity contribution in [2.75, 3.05) is 11.1 Å². The van der Waals surface area contributed by atoms with Crippen LogP contribution in [0.2, 0.25) is 0 Å². The van der Waals surface area contributed by atoms with Gasteiger partial charge in [-0.05, 0) is 31.9 Å². The van der Waals surface area contributed by atoms with Crippen molar-refractivity contribution in [3.05, 3.63) is 47.8 Å². The third-order valence-corrected chi connectivity index (χ3v) is 4.81. The van der Waals surface area contributed by atoms with Gasteiger partial charge >= 0.3 is 0 Å². The number of aromatic nitrogens is 3. The van der Waals surface area contributed by atoms with E-state index in [2.05, 4.69) is 35.1 Å². The molecular formula is C19H26N4OS. The quantitative estimate of drug-likeness (QED) is 0.540. The van der Waals surface area contributed by atoms with Gasteiger partial charge in [-0.15, -0.1) is 16.8 Å². The topological polar surface area (TPSA) is 59.8 Å². The van der Waals surface area contributed by atoms with E-state index in [0.29, 0.717) is 12.3 Å². The van der Waals surface area contributed by atoms with Gasteiger partial charge in [0.25, 0.3) is 0 Å². The first-order chi connectivity index (χ1) is 12.0. The van der Waals surface area contributed by atoms with E-state index in [1.807, 2.05) is 36.6 Å². The number of nitrogens with one attached hydrogen (secondary N) is 1. The van der Waals surface area contributed by atoms with Gasteiger partial charge in [-0.2, -0.15) is 0 Å². The highest BCUT2D eigenvalue weighted by Gasteiger charge is 2.13. The van der Waals surface area contributed by atoms with Crippen LogP contribution < -0.4 is 5.32 Å². The first-order valence-electron chi connectivity index (χ1n) is 8.58. The van der Waals surface area contributed by atoms with Crippen LogP contribution in [0.4, 0.5) is 5.69 Å². The molecular weight excluding hydrogens is 332 g/mol. The number of allylic oxidation sites excluding steroid dienone is 1. The number of nitrogens with zero attached hydrogens (tertiary/aromatic N) is 3. The van der Waals surface area contributed by atoms with E-state index in [4.69, 9.17) is 0 Å². The molecule has 2 rings (SSSR count). The summed E-state index contributed by atoms with van der Waals surface area (Å²) >= 11 is 1.41. The van der Waals surface area contributed by atoms with E-state index in [0.717, 1.165) is 41.5 Å². The number of hydrogen-bond acceptors (Lipinski definition) is 4. The normalized spacial score (nSPS) is 10.7. The zero-order valence-corrected chi connectivity index (χ0v) is 16.0. The molecule has 5 nitrogen and oxygen atoms in total. The van der Waals surface area contributed by atoms with Crippen molar-refractivity contribution in [1.82, 2.24) is 14.8 Å². The van der Waals surface area contributed by atoms with Crippen molar-refractivity contribution in [3.63, 3.8) is 0 Å². The Morgan fingerprint density at radius 3 is 2.84 bits per heavy atom. The number of aryl methyl sites for hydroxylation is 3. The summed E-state index contributed by atoms with van der Waals surface area (Å²) < 4.78 is 2.04. The summed E-state index contributed by atoms with van der Waals surface area (Å²) in [6, 6.07) is 6.00. The highest BCUT2D eigenvalue weighted by molar-refractivity contribution is 7.99. The Morgan fingerprint density at radius 1 is 1.36 bits per heavy atom. The van der Waals surface area contributed by atoms with Crippen LogP contribution in [0.5, 0.6) is 0 Å². The van der Waals surface area contributed by atoms with Crippen molar-refractivity contribution in [2.45, 2.75) is 51.7 Å². The summed E-state index contributed by atoms with van der Waals surface area (Å²) in [5, 5.41) is 12.2. The number of amides is 1.